The van der Waals surface area contributed by atoms with Crippen molar-refractivity contribution >= 4 is 51.9 Å². The van der Waals surface area contributed by atoms with E-state index in [1.807, 2.05) is 0 Å². The Morgan fingerprint density at radius 2 is 2.11 bits per heavy atom. The van der Waals surface area contributed by atoms with E-state index in [4.69, 9.17) is 16.6 Å². The van der Waals surface area contributed by atoms with Crippen LogP contribution in [0.1, 0.15) is 11.3 Å². The van der Waals surface area contributed by atoms with E-state index >= 15 is 0 Å². The monoisotopic (exact) mass is 403 g/mol. The summed E-state index contributed by atoms with van der Waals surface area (Å²) in [6, 6.07) is 7.89. The molecule has 1 aromatic carbocycles. The molecule has 0 atom stereocenters. The van der Waals surface area contributed by atoms with Gasteiger partial charge in [-0.15, -0.1) is 0 Å². The molecule has 27 heavy (non-hydrogen) atoms. The third kappa shape index (κ3) is 3.91. The summed E-state index contributed by atoms with van der Waals surface area (Å²) < 4.78 is 5.73. The first-order valence-corrected chi connectivity index (χ1v) is 8.79. The summed E-state index contributed by atoms with van der Waals surface area (Å²) in [7, 11) is 0. The maximum Gasteiger partial charge on any atom is 0.280 e. The number of nitro groups is 1. The normalized spacial score (nSPS) is 15.6. The minimum absolute atomic E-state index is 0.0869. The number of benzene rings is 1. The Balaban J connectivity index is 1.91. The van der Waals surface area contributed by atoms with Crippen molar-refractivity contribution in [2.75, 3.05) is 6.54 Å². The van der Waals surface area contributed by atoms with E-state index in [-0.39, 0.29) is 26.4 Å². The quantitative estimate of drug-likeness (QED) is 0.322. The number of carbonyl (C=O) groups excluding carboxylic acids is 2. The number of thiocarbonyl (C=S) groups is 1. The number of amides is 1. The maximum absolute atomic E-state index is 12.2. The number of furan rings is 1. The van der Waals surface area contributed by atoms with E-state index in [2.05, 4.69) is 0 Å². The number of nitrogens with zero attached hydrogens (tertiary/aromatic N) is 2. The Labute approximate surface area is 162 Å². The third-order valence-electron chi connectivity index (χ3n) is 3.68. The number of hydrogen-bond acceptors (Lipinski definition) is 8. The number of aryl methyl sites for hydroxylation is 1. The number of rotatable bonds is 5. The number of carboxylic acid groups (broad SMARTS) is 1. The molecular weight excluding hydrogens is 392 g/mol. The SMILES string of the molecule is Cc1ccc(-c2ccc(C=C3SC(=S)N(CC(=O)[O-])C3=O)o2)c([N+](=O)[O-])c1. The topological polar surface area (TPSA) is 117 Å². The van der Waals surface area contributed by atoms with Crippen LogP contribution in [0.2, 0.25) is 0 Å². The molecule has 1 fully saturated rings. The molecule has 2 heterocycles. The van der Waals surface area contributed by atoms with Crippen LogP contribution in [0.3, 0.4) is 0 Å². The minimum atomic E-state index is -1.42. The number of aliphatic carboxylic acids is 1. The van der Waals surface area contributed by atoms with E-state index < -0.39 is 23.3 Å². The highest BCUT2D eigenvalue weighted by Crippen LogP contribution is 2.35. The summed E-state index contributed by atoms with van der Waals surface area (Å²) in [5.74, 6) is -1.42. The summed E-state index contributed by atoms with van der Waals surface area (Å²) in [6.07, 6.45) is 1.41. The van der Waals surface area contributed by atoms with Crippen LogP contribution < -0.4 is 5.11 Å². The lowest BCUT2D eigenvalue weighted by atomic mass is 10.1. The molecule has 10 heteroatoms. The minimum Gasteiger partial charge on any atom is -0.548 e. The molecule has 0 unspecified atom stereocenters. The fraction of sp³-hybridized carbons (Fsp3) is 0.118. The van der Waals surface area contributed by atoms with Crippen LogP contribution in [0.15, 0.2) is 39.7 Å². The average molecular weight is 403 g/mol. The van der Waals surface area contributed by atoms with Gasteiger partial charge in [0.15, 0.2) is 0 Å². The lowest BCUT2D eigenvalue weighted by Crippen LogP contribution is -2.40. The van der Waals surface area contributed by atoms with Crippen molar-refractivity contribution < 1.29 is 24.0 Å². The molecule has 1 aliphatic rings. The van der Waals surface area contributed by atoms with Gasteiger partial charge in [-0.1, -0.05) is 30.0 Å². The predicted octanol–water partition coefficient (Wildman–Crippen LogP) is 2.11. The van der Waals surface area contributed by atoms with Crippen molar-refractivity contribution in [2.24, 2.45) is 0 Å². The second-order valence-electron chi connectivity index (χ2n) is 5.62. The van der Waals surface area contributed by atoms with Crippen molar-refractivity contribution in [3.05, 3.63) is 56.7 Å². The highest BCUT2D eigenvalue weighted by molar-refractivity contribution is 8.26. The molecule has 0 N–H and O–H groups in total. The van der Waals surface area contributed by atoms with Crippen LogP contribution in [0.4, 0.5) is 5.69 Å². The molecule has 1 saturated heterocycles. The summed E-state index contributed by atoms with van der Waals surface area (Å²) in [4.78, 5) is 34.9. The molecule has 1 aromatic heterocycles. The van der Waals surface area contributed by atoms with E-state index in [9.17, 15) is 24.8 Å². The molecule has 3 rings (SSSR count). The fourth-order valence-corrected chi connectivity index (χ4v) is 3.71. The summed E-state index contributed by atoms with van der Waals surface area (Å²) >= 11 is 5.94. The molecule has 0 radical (unpaired) electrons. The van der Waals surface area contributed by atoms with Crippen LogP contribution >= 0.6 is 24.0 Å². The van der Waals surface area contributed by atoms with Gasteiger partial charge in [0.05, 0.1) is 27.9 Å². The zero-order valence-corrected chi connectivity index (χ0v) is 15.5. The van der Waals surface area contributed by atoms with E-state index in [1.165, 1.54) is 12.1 Å². The molecule has 2 aromatic rings. The van der Waals surface area contributed by atoms with Crippen LogP contribution in [0.25, 0.3) is 17.4 Å². The first kappa shape index (κ1) is 18.8. The average Bonchev–Trinajstić information content (AvgIpc) is 3.15. The highest BCUT2D eigenvalue weighted by atomic mass is 32.2. The van der Waals surface area contributed by atoms with Crippen LogP contribution in [0, 0.1) is 17.0 Å². The molecule has 0 aliphatic carbocycles. The van der Waals surface area contributed by atoms with Crippen molar-refractivity contribution in [1.29, 1.82) is 0 Å². The third-order valence-corrected chi connectivity index (χ3v) is 5.05. The van der Waals surface area contributed by atoms with Crippen LogP contribution in [-0.2, 0) is 9.59 Å². The van der Waals surface area contributed by atoms with E-state index in [0.29, 0.717) is 5.56 Å². The first-order chi connectivity index (χ1) is 12.8. The van der Waals surface area contributed by atoms with Gasteiger partial charge in [-0.05, 0) is 30.7 Å². The first-order valence-electron chi connectivity index (χ1n) is 7.56. The maximum atomic E-state index is 12.2. The van der Waals surface area contributed by atoms with Gasteiger partial charge in [0, 0.05) is 12.1 Å². The second-order valence-corrected chi connectivity index (χ2v) is 7.30. The molecule has 1 amide bonds. The van der Waals surface area contributed by atoms with Gasteiger partial charge in [-0.25, -0.2) is 0 Å². The zero-order valence-electron chi connectivity index (χ0n) is 13.8. The van der Waals surface area contributed by atoms with Gasteiger partial charge in [-0.2, -0.15) is 0 Å². The molecule has 8 nitrogen and oxygen atoms in total. The number of carbonyl (C=O) groups is 2. The number of nitro benzene ring substituents is 1. The zero-order chi connectivity index (χ0) is 19.7. The van der Waals surface area contributed by atoms with Gasteiger partial charge in [0.25, 0.3) is 11.6 Å². The molecule has 0 bridgehead atoms. The lowest BCUT2D eigenvalue weighted by Gasteiger charge is -2.14. The number of carboxylic acids is 1. The molecular formula is C17H11N2O6S2-. The van der Waals surface area contributed by atoms with Crippen LogP contribution in [0.5, 0.6) is 0 Å². The fourth-order valence-electron chi connectivity index (χ4n) is 2.47. The smallest absolute Gasteiger partial charge is 0.280 e. The Bertz CT molecular complexity index is 1010. The Hall–Kier alpha value is -2.98. The Morgan fingerprint density at radius 1 is 1.37 bits per heavy atom. The van der Waals surface area contributed by atoms with Gasteiger partial charge in [-0.3, -0.25) is 19.8 Å². The van der Waals surface area contributed by atoms with Gasteiger partial charge >= 0.3 is 0 Å². The van der Waals surface area contributed by atoms with E-state index in [0.717, 1.165) is 22.2 Å². The molecule has 1 aliphatic heterocycles. The van der Waals surface area contributed by atoms with Crippen molar-refractivity contribution in [3.63, 3.8) is 0 Å². The van der Waals surface area contributed by atoms with Gasteiger partial charge in [0.2, 0.25) is 0 Å². The highest BCUT2D eigenvalue weighted by Gasteiger charge is 2.32. The molecule has 0 saturated carbocycles. The molecule has 138 valence electrons. The summed E-state index contributed by atoms with van der Waals surface area (Å²) in [6.45, 7) is 1.12. The molecule has 0 spiro atoms. The Kier molecular flexibility index (Phi) is 5.10. The number of hydrogen-bond donors (Lipinski definition) is 0. The van der Waals surface area contributed by atoms with Gasteiger partial charge < -0.3 is 14.3 Å². The van der Waals surface area contributed by atoms with Crippen molar-refractivity contribution in [2.45, 2.75) is 6.92 Å². The number of thioether (sulfide) groups is 1. The van der Waals surface area contributed by atoms with Gasteiger partial charge in [0.1, 0.15) is 15.8 Å². The Morgan fingerprint density at radius 3 is 2.78 bits per heavy atom. The standard InChI is InChI=1S/C17H12N2O6S2/c1-9-2-4-11(12(6-9)19(23)24)13-5-3-10(25-13)7-14-16(22)18(8-15(20)21)17(26)27-14/h2-7H,8H2,1H3,(H,20,21)/p-1. The van der Waals surface area contributed by atoms with E-state index in [1.54, 1.807) is 31.2 Å². The lowest BCUT2D eigenvalue weighted by molar-refractivity contribution is -0.384. The second kappa shape index (κ2) is 7.33. The predicted molar refractivity (Wildman–Crippen MR) is 100 cm³/mol. The van der Waals surface area contributed by atoms with Crippen LogP contribution in [-0.4, -0.2) is 32.6 Å². The van der Waals surface area contributed by atoms with Crippen molar-refractivity contribution in [3.8, 4) is 11.3 Å². The van der Waals surface area contributed by atoms with Crippen molar-refractivity contribution in [1.82, 2.24) is 4.90 Å². The largest absolute Gasteiger partial charge is 0.548 e. The summed E-state index contributed by atoms with van der Waals surface area (Å²) in [5, 5.41) is 22.0. The summed E-state index contributed by atoms with van der Waals surface area (Å²) in [5.41, 5.74) is 0.972.